The molecule has 0 radical (unpaired) electrons. The summed E-state index contributed by atoms with van der Waals surface area (Å²) >= 11 is 0. The van der Waals surface area contributed by atoms with Crippen molar-refractivity contribution < 1.29 is 4.74 Å². The van der Waals surface area contributed by atoms with E-state index in [1.165, 1.54) is 0 Å². The largest absolute Gasteiger partial charge is 0.377 e. The van der Waals surface area contributed by atoms with Gasteiger partial charge >= 0.3 is 0 Å². The van der Waals surface area contributed by atoms with Gasteiger partial charge in [0.25, 0.3) is 0 Å². The van der Waals surface area contributed by atoms with E-state index in [0.717, 1.165) is 62.4 Å². The Labute approximate surface area is 127 Å². The molecule has 0 saturated carbocycles. The molecule has 1 heterocycles. The van der Waals surface area contributed by atoms with Crippen LogP contribution in [-0.2, 0) is 11.3 Å². The summed E-state index contributed by atoms with van der Waals surface area (Å²) in [6.45, 7) is 8.51. The van der Waals surface area contributed by atoms with Crippen molar-refractivity contribution in [3.05, 3.63) is 29.3 Å². The molecule has 1 aromatic carbocycles. The van der Waals surface area contributed by atoms with E-state index in [1.807, 2.05) is 13.0 Å². The Morgan fingerprint density at radius 1 is 1.43 bits per heavy atom. The van der Waals surface area contributed by atoms with Gasteiger partial charge in [-0.2, -0.15) is 5.26 Å². The second kappa shape index (κ2) is 8.02. The predicted octanol–water partition coefficient (Wildman–Crippen LogP) is 2.67. The molecule has 0 amide bonds. The number of nitrogens with zero attached hydrogens (tertiary/aromatic N) is 2. The van der Waals surface area contributed by atoms with Crippen molar-refractivity contribution in [2.75, 3.05) is 31.1 Å². The molecule has 0 aliphatic carbocycles. The fraction of sp³-hybridized carbons (Fsp3) is 0.588. The summed E-state index contributed by atoms with van der Waals surface area (Å²) in [5.74, 6) is 0. The van der Waals surface area contributed by atoms with Crippen LogP contribution in [0, 0.1) is 11.3 Å². The number of benzene rings is 1. The van der Waals surface area contributed by atoms with Gasteiger partial charge in [-0.3, -0.25) is 0 Å². The van der Waals surface area contributed by atoms with Gasteiger partial charge in [0, 0.05) is 26.2 Å². The van der Waals surface area contributed by atoms with Crippen molar-refractivity contribution in [1.29, 1.82) is 5.26 Å². The van der Waals surface area contributed by atoms with Crippen LogP contribution >= 0.6 is 0 Å². The third-order valence-electron chi connectivity index (χ3n) is 3.88. The Balaban J connectivity index is 2.13. The van der Waals surface area contributed by atoms with Crippen molar-refractivity contribution in [3.8, 4) is 6.07 Å². The molecule has 4 nitrogen and oxygen atoms in total. The average molecular weight is 287 g/mol. The Morgan fingerprint density at radius 2 is 2.29 bits per heavy atom. The number of nitrogens with one attached hydrogen (secondary N) is 1. The summed E-state index contributed by atoms with van der Waals surface area (Å²) in [5.41, 5.74) is 2.97. The third kappa shape index (κ3) is 4.20. The maximum Gasteiger partial charge on any atom is 0.101 e. The zero-order valence-electron chi connectivity index (χ0n) is 13.1. The van der Waals surface area contributed by atoms with E-state index in [-0.39, 0.29) is 6.10 Å². The Bertz CT molecular complexity index is 493. The molecule has 1 atom stereocenters. The maximum atomic E-state index is 9.44. The number of nitriles is 1. The van der Waals surface area contributed by atoms with Gasteiger partial charge in [-0.15, -0.1) is 0 Å². The minimum Gasteiger partial charge on any atom is -0.377 e. The van der Waals surface area contributed by atoms with Crippen LogP contribution in [0.2, 0.25) is 0 Å². The van der Waals surface area contributed by atoms with Crippen LogP contribution in [0.25, 0.3) is 0 Å². The molecule has 1 saturated heterocycles. The highest BCUT2D eigenvalue weighted by molar-refractivity contribution is 5.60. The average Bonchev–Trinajstić information content (AvgIpc) is 2.53. The van der Waals surface area contributed by atoms with E-state index in [2.05, 4.69) is 35.3 Å². The summed E-state index contributed by atoms with van der Waals surface area (Å²) in [7, 11) is 0. The lowest BCUT2D eigenvalue weighted by Gasteiger charge is -2.34. The lowest BCUT2D eigenvalue weighted by Crippen LogP contribution is -2.40. The molecule has 1 aliphatic heterocycles. The quantitative estimate of drug-likeness (QED) is 0.874. The molecule has 0 spiro atoms. The molecule has 0 bridgehead atoms. The molecule has 2 rings (SSSR count). The van der Waals surface area contributed by atoms with E-state index in [0.29, 0.717) is 0 Å². The number of ether oxygens (including phenoxy) is 1. The van der Waals surface area contributed by atoms with Crippen LogP contribution in [0.1, 0.15) is 37.8 Å². The Morgan fingerprint density at radius 3 is 3.00 bits per heavy atom. The normalized spacial score (nSPS) is 18.5. The van der Waals surface area contributed by atoms with E-state index in [4.69, 9.17) is 4.74 Å². The molecule has 1 unspecified atom stereocenters. The van der Waals surface area contributed by atoms with Gasteiger partial charge in [-0.05, 0) is 44.0 Å². The lowest BCUT2D eigenvalue weighted by molar-refractivity contribution is 0.0526. The highest BCUT2D eigenvalue weighted by Gasteiger charge is 2.22. The van der Waals surface area contributed by atoms with Crippen molar-refractivity contribution in [1.82, 2.24) is 5.32 Å². The summed E-state index contributed by atoms with van der Waals surface area (Å²) in [5, 5.41) is 12.7. The summed E-state index contributed by atoms with van der Waals surface area (Å²) in [6, 6.07) is 8.55. The molecular formula is C17H25N3O. The van der Waals surface area contributed by atoms with Crippen LogP contribution in [0.15, 0.2) is 18.2 Å². The van der Waals surface area contributed by atoms with E-state index in [1.54, 1.807) is 0 Å². The summed E-state index contributed by atoms with van der Waals surface area (Å²) in [4.78, 5) is 2.29. The number of rotatable bonds is 6. The minimum absolute atomic E-state index is 0.289. The maximum absolute atomic E-state index is 9.44. The molecular weight excluding hydrogens is 262 g/mol. The second-order valence-corrected chi connectivity index (χ2v) is 5.41. The van der Waals surface area contributed by atoms with Crippen LogP contribution < -0.4 is 10.2 Å². The third-order valence-corrected chi connectivity index (χ3v) is 3.88. The standard InChI is InChI=1S/C17H25N3O/c1-3-19-12-14-7-8-17(15(10-14)11-18)20-9-5-6-16(13-20)21-4-2/h7-8,10,16,19H,3-6,9,12-13H2,1-2H3. The minimum atomic E-state index is 0.289. The second-order valence-electron chi connectivity index (χ2n) is 5.41. The number of piperidine rings is 1. The lowest BCUT2D eigenvalue weighted by atomic mass is 10.0. The highest BCUT2D eigenvalue weighted by Crippen LogP contribution is 2.26. The molecule has 4 heteroatoms. The monoisotopic (exact) mass is 287 g/mol. The summed E-state index contributed by atoms with van der Waals surface area (Å²) in [6.07, 6.45) is 2.52. The first-order chi connectivity index (χ1) is 10.3. The topological polar surface area (TPSA) is 48.3 Å². The van der Waals surface area contributed by atoms with Crippen molar-refractivity contribution in [3.63, 3.8) is 0 Å². The zero-order chi connectivity index (χ0) is 15.1. The molecule has 1 aromatic rings. The van der Waals surface area contributed by atoms with Gasteiger partial charge < -0.3 is 15.0 Å². The SMILES string of the molecule is CCNCc1ccc(N2CCCC(OCC)C2)c(C#N)c1. The van der Waals surface area contributed by atoms with Crippen LogP contribution in [0.5, 0.6) is 0 Å². The zero-order valence-corrected chi connectivity index (χ0v) is 13.1. The van der Waals surface area contributed by atoms with Gasteiger partial charge in [0.2, 0.25) is 0 Å². The fourth-order valence-corrected chi connectivity index (χ4v) is 2.86. The van der Waals surface area contributed by atoms with Gasteiger partial charge in [0.1, 0.15) is 6.07 Å². The molecule has 114 valence electrons. The Kier molecular flexibility index (Phi) is 6.04. The van der Waals surface area contributed by atoms with Crippen molar-refractivity contribution >= 4 is 5.69 Å². The molecule has 1 fully saturated rings. The molecule has 1 aliphatic rings. The molecule has 0 aromatic heterocycles. The molecule has 21 heavy (non-hydrogen) atoms. The molecule has 1 N–H and O–H groups in total. The van der Waals surface area contributed by atoms with Crippen molar-refractivity contribution in [2.45, 2.75) is 39.3 Å². The van der Waals surface area contributed by atoms with Crippen LogP contribution in [-0.4, -0.2) is 32.3 Å². The fourth-order valence-electron chi connectivity index (χ4n) is 2.86. The number of anilines is 1. The van der Waals surface area contributed by atoms with Gasteiger partial charge in [0.15, 0.2) is 0 Å². The van der Waals surface area contributed by atoms with Crippen LogP contribution in [0.4, 0.5) is 5.69 Å². The van der Waals surface area contributed by atoms with Gasteiger partial charge in [-0.25, -0.2) is 0 Å². The first-order valence-electron chi connectivity index (χ1n) is 7.88. The number of hydrogen-bond donors (Lipinski definition) is 1. The first-order valence-corrected chi connectivity index (χ1v) is 7.88. The first kappa shape index (κ1) is 15.8. The smallest absolute Gasteiger partial charge is 0.101 e. The van der Waals surface area contributed by atoms with E-state index < -0.39 is 0 Å². The van der Waals surface area contributed by atoms with Crippen LogP contribution in [0.3, 0.4) is 0 Å². The van der Waals surface area contributed by atoms with Gasteiger partial charge in [0.05, 0.1) is 17.4 Å². The van der Waals surface area contributed by atoms with Gasteiger partial charge in [-0.1, -0.05) is 13.0 Å². The number of hydrogen-bond acceptors (Lipinski definition) is 4. The highest BCUT2D eigenvalue weighted by atomic mass is 16.5. The van der Waals surface area contributed by atoms with E-state index in [9.17, 15) is 5.26 Å². The Hall–Kier alpha value is -1.57. The summed E-state index contributed by atoms with van der Waals surface area (Å²) < 4.78 is 5.75. The predicted molar refractivity (Wildman–Crippen MR) is 85.4 cm³/mol. The van der Waals surface area contributed by atoms with Crippen molar-refractivity contribution in [2.24, 2.45) is 0 Å². The van der Waals surface area contributed by atoms with E-state index >= 15 is 0 Å².